The number of amides is 1. The van der Waals surface area contributed by atoms with Crippen LogP contribution in [0.2, 0.25) is 0 Å². The number of rotatable bonds is 6. The molecule has 4 fully saturated rings. The van der Waals surface area contributed by atoms with Crippen LogP contribution in [0.3, 0.4) is 0 Å². The molecule has 3 nitrogen and oxygen atoms in total. The van der Waals surface area contributed by atoms with E-state index in [1.54, 1.807) is 11.3 Å². The van der Waals surface area contributed by atoms with Gasteiger partial charge in [-0.3, -0.25) is 4.79 Å². The van der Waals surface area contributed by atoms with E-state index in [4.69, 9.17) is 0 Å². The van der Waals surface area contributed by atoms with E-state index in [-0.39, 0.29) is 18.1 Å². The van der Waals surface area contributed by atoms with E-state index in [1.807, 2.05) is 0 Å². The smallest absolute Gasteiger partial charge is 0.220 e. The SMILES string of the molecule is CC(C)C(NC(=O)C[C@@H](C)C1CC[C@H]2C3CCC4C[C@H](O)CCC4(C)[C@H]3CCC12C)c1ccc(Br)s1. The normalized spacial score (nSPS) is 41.8. The third-order valence-electron chi connectivity index (χ3n) is 11.8. The van der Waals surface area contributed by atoms with E-state index >= 15 is 0 Å². The highest BCUT2D eigenvalue weighted by molar-refractivity contribution is 9.11. The van der Waals surface area contributed by atoms with Gasteiger partial charge >= 0.3 is 0 Å². The Hall–Kier alpha value is -0.390. The second-order valence-corrected chi connectivity index (χ2v) is 16.4. The molecule has 1 heterocycles. The first-order valence-electron chi connectivity index (χ1n) is 14.8. The predicted molar refractivity (Wildman–Crippen MR) is 153 cm³/mol. The fraction of sp³-hybridized carbons (Fsp3) is 0.839. The number of nitrogens with one attached hydrogen (secondary N) is 1. The summed E-state index contributed by atoms with van der Waals surface area (Å²) >= 11 is 5.31. The topological polar surface area (TPSA) is 49.3 Å². The van der Waals surface area contributed by atoms with Crippen LogP contribution >= 0.6 is 27.3 Å². The highest BCUT2D eigenvalue weighted by Crippen LogP contribution is 2.68. The summed E-state index contributed by atoms with van der Waals surface area (Å²) in [7, 11) is 0. The monoisotopic (exact) mass is 577 g/mol. The maximum absolute atomic E-state index is 13.3. The van der Waals surface area contributed by atoms with Gasteiger partial charge in [-0.1, -0.05) is 34.6 Å². The molecule has 2 N–H and O–H groups in total. The molecule has 4 saturated carbocycles. The summed E-state index contributed by atoms with van der Waals surface area (Å²) in [6.07, 6.45) is 11.9. The van der Waals surface area contributed by atoms with E-state index in [2.05, 4.69) is 68.0 Å². The van der Waals surface area contributed by atoms with Crippen molar-refractivity contribution in [3.63, 3.8) is 0 Å². The van der Waals surface area contributed by atoms with E-state index in [0.29, 0.717) is 35.0 Å². The number of fused-ring (bicyclic) bond motifs is 5. The summed E-state index contributed by atoms with van der Waals surface area (Å²) in [5.41, 5.74) is 0.823. The number of hydrogen-bond donors (Lipinski definition) is 2. The summed E-state index contributed by atoms with van der Waals surface area (Å²) in [6.45, 7) is 11.9. The summed E-state index contributed by atoms with van der Waals surface area (Å²) in [5.74, 6) is 4.92. The van der Waals surface area contributed by atoms with Crippen LogP contribution in [0.5, 0.6) is 0 Å². The predicted octanol–water partition coefficient (Wildman–Crippen LogP) is 8.37. The number of halogens is 1. The van der Waals surface area contributed by atoms with Crippen molar-refractivity contribution in [1.29, 1.82) is 0 Å². The van der Waals surface area contributed by atoms with Crippen molar-refractivity contribution in [2.75, 3.05) is 0 Å². The quantitative estimate of drug-likeness (QED) is 0.356. The van der Waals surface area contributed by atoms with Crippen LogP contribution in [-0.2, 0) is 4.79 Å². The molecular formula is C31H48BrNO2S. The lowest BCUT2D eigenvalue weighted by molar-refractivity contribution is -0.132. The van der Waals surface area contributed by atoms with Crippen molar-refractivity contribution >= 4 is 33.2 Å². The van der Waals surface area contributed by atoms with E-state index in [9.17, 15) is 9.90 Å². The van der Waals surface area contributed by atoms with Crippen LogP contribution in [-0.4, -0.2) is 17.1 Å². The average Bonchev–Trinajstić information content (AvgIpc) is 3.40. The van der Waals surface area contributed by atoms with Gasteiger partial charge in [-0.05, 0) is 138 Å². The standard InChI is InChI=1S/C31H48BrNO2S/c1-18(2)29(26-10-11-27(32)36-26)33-28(35)16-19(3)23-8-9-24-22-7-6-20-17-21(34)12-14-30(20,4)25(22)13-15-31(23,24)5/h10-11,18-25,29,34H,6-9,12-17H2,1-5H3,(H,33,35)/t19-,20?,21-,22?,23?,24+,25+,29?,30?,31?/m1/s1. The summed E-state index contributed by atoms with van der Waals surface area (Å²) < 4.78 is 1.12. The van der Waals surface area contributed by atoms with Crippen molar-refractivity contribution < 1.29 is 9.90 Å². The van der Waals surface area contributed by atoms with Gasteiger partial charge < -0.3 is 10.4 Å². The Morgan fingerprint density at radius 1 is 1.06 bits per heavy atom. The Bertz CT molecular complexity index is 947. The zero-order valence-electron chi connectivity index (χ0n) is 23.1. The lowest BCUT2D eigenvalue weighted by Gasteiger charge is -2.61. The number of thiophene rings is 1. The maximum atomic E-state index is 13.3. The number of carbonyl (C=O) groups excluding carboxylic acids is 1. The molecule has 1 aromatic heterocycles. The Kier molecular flexibility index (Phi) is 7.78. The van der Waals surface area contributed by atoms with Crippen LogP contribution in [0, 0.1) is 52.3 Å². The van der Waals surface area contributed by atoms with Gasteiger partial charge in [0.15, 0.2) is 0 Å². The van der Waals surface area contributed by atoms with Gasteiger partial charge in [0, 0.05) is 11.3 Å². The Balaban J connectivity index is 1.25. The molecule has 0 spiro atoms. The molecule has 4 aliphatic rings. The first kappa shape index (κ1) is 27.2. The fourth-order valence-electron chi connectivity index (χ4n) is 9.94. The fourth-order valence-corrected chi connectivity index (χ4v) is 11.6. The van der Waals surface area contributed by atoms with Gasteiger partial charge in [0.05, 0.1) is 15.9 Å². The molecule has 0 aliphatic heterocycles. The highest BCUT2D eigenvalue weighted by atomic mass is 79.9. The third kappa shape index (κ3) is 4.76. The van der Waals surface area contributed by atoms with Crippen molar-refractivity contribution in [1.82, 2.24) is 5.32 Å². The van der Waals surface area contributed by atoms with Gasteiger partial charge in [0.1, 0.15) is 0 Å². The van der Waals surface area contributed by atoms with Crippen LogP contribution in [0.1, 0.15) is 110 Å². The zero-order chi connectivity index (χ0) is 25.8. The maximum Gasteiger partial charge on any atom is 0.220 e. The molecule has 5 rings (SSSR count). The van der Waals surface area contributed by atoms with E-state index in [1.165, 1.54) is 49.8 Å². The van der Waals surface area contributed by atoms with Crippen molar-refractivity contribution in [2.24, 2.45) is 52.3 Å². The summed E-state index contributed by atoms with van der Waals surface area (Å²) in [5, 5.41) is 13.7. The van der Waals surface area contributed by atoms with Gasteiger partial charge in [-0.2, -0.15) is 0 Å². The van der Waals surface area contributed by atoms with E-state index in [0.717, 1.165) is 40.3 Å². The molecule has 0 saturated heterocycles. The van der Waals surface area contributed by atoms with Crippen LogP contribution in [0.4, 0.5) is 0 Å². The average molecular weight is 579 g/mol. The molecule has 1 amide bonds. The molecule has 6 unspecified atom stereocenters. The minimum Gasteiger partial charge on any atom is -0.393 e. The number of aliphatic hydroxyl groups is 1. The Morgan fingerprint density at radius 3 is 2.47 bits per heavy atom. The molecule has 0 bridgehead atoms. The molecule has 10 atom stereocenters. The van der Waals surface area contributed by atoms with Gasteiger partial charge in [0.25, 0.3) is 0 Å². The zero-order valence-corrected chi connectivity index (χ0v) is 25.5. The lowest BCUT2D eigenvalue weighted by atomic mass is 9.44. The first-order chi connectivity index (χ1) is 17.0. The van der Waals surface area contributed by atoms with Gasteiger partial charge in [-0.15, -0.1) is 11.3 Å². The molecule has 0 aromatic carbocycles. The summed E-state index contributed by atoms with van der Waals surface area (Å²) in [6, 6.07) is 4.32. The van der Waals surface area contributed by atoms with Crippen molar-refractivity contribution in [3.05, 3.63) is 20.8 Å². The molecule has 202 valence electrons. The van der Waals surface area contributed by atoms with Crippen molar-refractivity contribution in [2.45, 2.75) is 111 Å². The highest BCUT2D eigenvalue weighted by Gasteiger charge is 2.60. The van der Waals surface area contributed by atoms with Crippen LogP contribution in [0.15, 0.2) is 15.9 Å². The molecule has 4 aliphatic carbocycles. The third-order valence-corrected chi connectivity index (χ3v) is 13.5. The minimum absolute atomic E-state index is 0.0621. The second kappa shape index (κ2) is 10.3. The van der Waals surface area contributed by atoms with Gasteiger partial charge in [-0.25, -0.2) is 0 Å². The Morgan fingerprint density at radius 2 is 1.78 bits per heavy atom. The van der Waals surface area contributed by atoms with Crippen LogP contribution < -0.4 is 5.32 Å². The summed E-state index contributed by atoms with van der Waals surface area (Å²) in [4.78, 5) is 14.5. The van der Waals surface area contributed by atoms with Crippen molar-refractivity contribution in [3.8, 4) is 0 Å². The number of carbonyl (C=O) groups is 1. The molecule has 36 heavy (non-hydrogen) atoms. The first-order valence-corrected chi connectivity index (χ1v) is 16.4. The number of aliphatic hydroxyl groups excluding tert-OH is 1. The molecular weight excluding hydrogens is 530 g/mol. The molecule has 0 radical (unpaired) electrons. The molecule has 1 aromatic rings. The van der Waals surface area contributed by atoms with E-state index < -0.39 is 0 Å². The Labute approximate surface area is 231 Å². The second-order valence-electron chi connectivity index (χ2n) is 13.9. The minimum atomic E-state index is -0.0621. The number of hydrogen-bond acceptors (Lipinski definition) is 3. The largest absolute Gasteiger partial charge is 0.393 e. The van der Waals surface area contributed by atoms with Crippen LogP contribution in [0.25, 0.3) is 0 Å². The molecule has 5 heteroatoms. The lowest BCUT2D eigenvalue weighted by Crippen LogP contribution is -2.54. The van der Waals surface area contributed by atoms with Gasteiger partial charge in [0.2, 0.25) is 5.91 Å².